The molecule has 0 aromatic heterocycles. The Kier molecular flexibility index (Phi) is 6.36. The molecule has 0 fully saturated rings. The average molecular weight is 272 g/mol. The highest BCUT2D eigenvalue weighted by molar-refractivity contribution is 5.51. The lowest BCUT2D eigenvalue weighted by Crippen LogP contribution is -2.15. The van der Waals surface area contributed by atoms with Crippen molar-refractivity contribution < 1.29 is 30.6 Å². The van der Waals surface area contributed by atoms with Gasteiger partial charge in [0.1, 0.15) is 0 Å². The molecule has 0 heterocycles. The SMILES string of the molecule is OCCc1c(CO)c(CO)c(CO)c(CO)c1CO. The van der Waals surface area contributed by atoms with Crippen molar-refractivity contribution in [3.63, 3.8) is 0 Å². The topological polar surface area (TPSA) is 121 Å². The summed E-state index contributed by atoms with van der Waals surface area (Å²) < 4.78 is 0. The zero-order valence-electron chi connectivity index (χ0n) is 10.6. The first kappa shape index (κ1) is 16.0. The highest BCUT2D eigenvalue weighted by Gasteiger charge is 2.21. The normalized spacial score (nSPS) is 11.1. The standard InChI is InChI=1S/C13H20O6/c14-2-1-8-9(3-15)11(5-17)13(7-19)12(6-18)10(8)4-16/h14-19H,1-7H2. The maximum Gasteiger partial charge on any atom is 0.0689 e. The van der Waals surface area contributed by atoms with Gasteiger partial charge in [0.2, 0.25) is 0 Å². The largest absolute Gasteiger partial charge is 0.396 e. The Balaban J connectivity index is 3.68. The van der Waals surface area contributed by atoms with Gasteiger partial charge in [-0.2, -0.15) is 0 Å². The van der Waals surface area contributed by atoms with Crippen LogP contribution < -0.4 is 0 Å². The summed E-state index contributed by atoms with van der Waals surface area (Å²) in [6, 6.07) is 0. The molecule has 108 valence electrons. The molecule has 0 bridgehead atoms. The summed E-state index contributed by atoms with van der Waals surface area (Å²) in [5.74, 6) is 0. The van der Waals surface area contributed by atoms with E-state index in [0.29, 0.717) is 33.4 Å². The predicted molar refractivity (Wildman–Crippen MR) is 66.8 cm³/mol. The molecule has 6 nitrogen and oxygen atoms in total. The highest BCUT2D eigenvalue weighted by Crippen LogP contribution is 2.30. The molecule has 0 aliphatic heterocycles. The number of aliphatic hydroxyl groups excluding tert-OH is 6. The van der Waals surface area contributed by atoms with Crippen LogP contribution in [0.4, 0.5) is 0 Å². The summed E-state index contributed by atoms with van der Waals surface area (Å²) in [6.45, 7) is -2.15. The second kappa shape index (κ2) is 7.54. The molecule has 0 unspecified atom stereocenters. The van der Waals surface area contributed by atoms with Gasteiger partial charge in [0.05, 0.1) is 33.0 Å². The minimum absolute atomic E-state index is 0.186. The zero-order valence-corrected chi connectivity index (χ0v) is 10.6. The molecule has 0 saturated carbocycles. The van der Waals surface area contributed by atoms with E-state index in [2.05, 4.69) is 0 Å². The van der Waals surface area contributed by atoms with Gasteiger partial charge in [0.15, 0.2) is 0 Å². The van der Waals surface area contributed by atoms with Crippen LogP contribution in [0, 0.1) is 0 Å². The molecule has 0 atom stereocenters. The first-order valence-corrected chi connectivity index (χ1v) is 6.02. The summed E-state index contributed by atoms with van der Waals surface area (Å²) in [5.41, 5.74) is 2.30. The van der Waals surface area contributed by atoms with Crippen LogP contribution in [0.2, 0.25) is 0 Å². The molecule has 1 aromatic carbocycles. The van der Waals surface area contributed by atoms with Crippen LogP contribution in [0.25, 0.3) is 0 Å². The molecule has 19 heavy (non-hydrogen) atoms. The smallest absolute Gasteiger partial charge is 0.0689 e. The van der Waals surface area contributed by atoms with Crippen molar-refractivity contribution in [3.05, 3.63) is 33.4 Å². The fourth-order valence-corrected chi connectivity index (χ4v) is 2.46. The molecule has 0 aliphatic carbocycles. The van der Waals surface area contributed by atoms with Gasteiger partial charge in [-0.3, -0.25) is 0 Å². The van der Waals surface area contributed by atoms with E-state index in [-0.39, 0.29) is 26.2 Å². The van der Waals surface area contributed by atoms with Crippen molar-refractivity contribution >= 4 is 0 Å². The molecule has 0 spiro atoms. The van der Waals surface area contributed by atoms with Crippen molar-refractivity contribution in [2.45, 2.75) is 39.5 Å². The van der Waals surface area contributed by atoms with Crippen LogP contribution in [0.15, 0.2) is 0 Å². The lowest BCUT2D eigenvalue weighted by Gasteiger charge is -2.22. The minimum Gasteiger partial charge on any atom is -0.396 e. The number of benzene rings is 1. The fourth-order valence-electron chi connectivity index (χ4n) is 2.46. The van der Waals surface area contributed by atoms with Crippen molar-refractivity contribution in [1.29, 1.82) is 0 Å². The van der Waals surface area contributed by atoms with Gasteiger partial charge in [-0.1, -0.05) is 0 Å². The monoisotopic (exact) mass is 272 g/mol. The van der Waals surface area contributed by atoms with Crippen molar-refractivity contribution in [2.75, 3.05) is 6.61 Å². The van der Waals surface area contributed by atoms with Gasteiger partial charge in [0, 0.05) is 6.61 Å². The Labute approximate surface area is 111 Å². The van der Waals surface area contributed by atoms with Crippen molar-refractivity contribution in [1.82, 2.24) is 0 Å². The van der Waals surface area contributed by atoms with Crippen molar-refractivity contribution in [2.24, 2.45) is 0 Å². The third-order valence-corrected chi connectivity index (χ3v) is 3.34. The van der Waals surface area contributed by atoms with E-state index >= 15 is 0 Å². The molecular formula is C13H20O6. The van der Waals surface area contributed by atoms with Gasteiger partial charge in [-0.25, -0.2) is 0 Å². The third-order valence-electron chi connectivity index (χ3n) is 3.34. The third kappa shape index (κ3) is 2.94. The van der Waals surface area contributed by atoms with Crippen molar-refractivity contribution in [3.8, 4) is 0 Å². The first-order valence-electron chi connectivity index (χ1n) is 6.02. The summed E-state index contributed by atoms with van der Waals surface area (Å²) >= 11 is 0. The number of rotatable bonds is 7. The lowest BCUT2D eigenvalue weighted by molar-refractivity contribution is 0.230. The van der Waals surface area contributed by atoms with Crippen LogP contribution in [0.1, 0.15) is 33.4 Å². The number of hydrogen-bond donors (Lipinski definition) is 6. The molecule has 0 amide bonds. The molecular weight excluding hydrogens is 252 g/mol. The Bertz CT molecular complexity index is 397. The van der Waals surface area contributed by atoms with Crippen LogP contribution in [0.5, 0.6) is 0 Å². The van der Waals surface area contributed by atoms with Gasteiger partial charge in [0.25, 0.3) is 0 Å². The summed E-state index contributed by atoms with van der Waals surface area (Å²) in [6.07, 6.45) is 0.192. The summed E-state index contributed by atoms with van der Waals surface area (Å²) in [7, 11) is 0. The molecule has 1 aromatic rings. The highest BCUT2D eigenvalue weighted by atomic mass is 16.3. The van der Waals surface area contributed by atoms with Crippen LogP contribution in [-0.4, -0.2) is 37.2 Å². The Hall–Kier alpha value is -1.02. The van der Waals surface area contributed by atoms with E-state index in [1.54, 1.807) is 0 Å². The second-order valence-electron chi connectivity index (χ2n) is 4.14. The predicted octanol–water partition coefficient (Wildman–Crippen LogP) is -1.32. The van der Waals surface area contributed by atoms with Crippen LogP contribution in [-0.2, 0) is 39.5 Å². The summed E-state index contributed by atoms with van der Waals surface area (Å²) in [5, 5.41) is 56.2. The van der Waals surface area contributed by atoms with Gasteiger partial charge in [-0.05, 0) is 39.8 Å². The molecule has 0 aliphatic rings. The van der Waals surface area contributed by atoms with Gasteiger partial charge >= 0.3 is 0 Å². The fraction of sp³-hybridized carbons (Fsp3) is 0.538. The maximum absolute atomic E-state index is 9.44. The maximum atomic E-state index is 9.44. The minimum atomic E-state index is -0.412. The van der Waals surface area contributed by atoms with Gasteiger partial charge < -0.3 is 30.6 Å². The van der Waals surface area contributed by atoms with Crippen LogP contribution >= 0.6 is 0 Å². The average Bonchev–Trinajstić information content (AvgIpc) is 2.45. The lowest BCUT2D eigenvalue weighted by atomic mass is 9.86. The Morgan fingerprint density at radius 2 is 0.684 bits per heavy atom. The quantitative estimate of drug-likeness (QED) is 0.366. The zero-order chi connectivity index (χ0) is 14.4. The second-order valence-corrected chi connectivity index (χ2v) is 4.14. The molecule has 0 radical (unpaired) electrons. The van der Waals surface area contributed by atoms with E-state index in [1.807, 2.05) is 0 Å². The van der Waals surface area contributed by atoms with E-state index in [1.165, 1.54) is 0 Å². The molecule has 1 rings (SSSR count). The van der Waals surface area contributed by atoms with E-state index in [4.69, 9.17) is 5.11 Å². The first-order chi connectivity index (χ1) is 9.19. The number of hydrogen-bond acceptors (Lipinski definition) is 6. The van der Waals surface area contributed by atoms with Crippen LogP contribution in [0.3, 0.4) is 0 Å². The van der Waals surface area contributed by atoms with E-state index < -0.39 is 19.8 Å². The van der Waals surface area contributed by atoms with E-state index in [0.717, 1.165) is 0 Å². The number of aliphatic hydroxyl groups is 6. The summed E-state index contributed by atoms with van der Waals surface area (Å²) in [4.78, 5) is 0. The van der Waals surface area contributed by atoms with Gasteiger partial charge in [-0.15, -0.1) is 0 Å². The molecule has 6 N–H and O–H groups in total. The Morgan fingerprint density at radius 1 is 0.421 bits per heavy atom. The molecule has 6 heteroatoms. The Morgan fingerprint density at radius 3 is 0.895 bits per heavy atom. The molecule has 0 saturated heterocycles. The van der Waals surface area contributed by atoms with E-state index in [9.17, 15) is 25.5 Å².